The molecule has 0 saturated carbocycles. The molecule has 0 aliphatic carbocycles. The Morgan fingerprint density at radius 3 is 2.61 bits per heavy atom. The molecule has 0 spiro atoms. The average molecular weight is 322 g/mol. The van der Waals surface area contributed by atoms with E-state index in [2.05, 4.69) is 27.4 Å². The van der Waals surface area contributed by atoms with E-state index in [1.807, 2.05) is 6.92 Å². The molecular formula is C17H27FN4O. The zero-order valence-corrected chi connectivity index (χ0v) is 14.0. The molecule has 1 saturated heterocycles. The van der Waals surface area contributed by atoms with Crippen LogP contribution in [0.2, 0.25) is 0 Å². The lowest BCUT2D eigenvalue weighted by atomic mass is 10.2. The summed E-state index contributed by atoms with van der Waals surface area (Å²) in [5, 5.41) is 6.63. The van der Waals surface area contributed by atoms with Crippen molar-refractivity contribution in [3.63, 3.8) is 0 Å². The predicted octanol–water partition coefficient (Wildman–Crippen LogP) is 1.60. The Kier molecular flexibility index (Phi) is 7.29. The maximum absolute atomic E-state index is 12.9. The monoisotopic (exact) mass is 322 g/mol. The molecule has 23 heavy (non-hydrogen) atoms. The standard InChI is InChI=1S/C17H27FN4O/c1-3-19-17(21-13-15-4-6-16(18)7-5-15)20-12-14(2)22-8-10-23-11-9-22/h4-7,14H,3,8-13H2,1-2H3,(H2,19,20,21). The first-order chi connectivity index (χ1) is 11.2. The first kappa shape index (κ1) is 17.7. The highest BCUT2D eigenvalue weighted by Crippen LogP contribution is 2.04. The summed E-state index contributed by atoms with van der Waals surface area (Å²) in [5.74, 6) is 0.569. The van der Waals surface area contributed by atoms with E-state index in [4.69, 9.17) is 4.74 Å². The molecule has 1 unspecified atom stereocenters. The van der Waals surface area contributed by atoms with Crippen molar-refractivity contribution in [2.75, 3.05) is 39.4 Å². The van der Waals surface area contributed by atoms with Crippen LogP contribution in [-0.4, -0.2) is 56.3 Å². The fraction of sp³-hybridized carbons (Fsp3) is 0.588. The Bertz CT molecular complexity index is 486. The van der Waals surface area contributed by atoms with Crippen molar-refractivity contribution >= 4 is 5.96 Å². The maximum atomic E-state index is 12.9. The molecule has 5 nitrogen and oxygen atoms in total. The zero-order chi connectivity index (χ0) is 16.5. The summed E-state index contributed by atoms with van der Waals surface area (Å²) in [4.78, 5) is 6.98. The predicted molar refractivity (Wildman–Crippen MR) is 91.1 cm³/mol. The maximum Gasteiger partial charge on any atom is 0.191 e. The van der Waals surface area contributed by atoms with E-state index in [0.29, 0.717) is 12.6 Å². The van der Waals surface area contributed by atoms with Crippen molar-refractivity contribution in [3.8, 4) is 0 Å². The number of guanidine groups is 1. The number of rotatable bonds is 6. The second kappa shape index (κ2) is 9.47. The molecule has 1 fully saturated rings. The molecule has 1 heterocycles. The normalized spacial score (nSPS) is 17.8. The van der Waals surface area contributed by atoms with Gasteiger partial charge in [0.05, 0.1) is 19.8 Å². The van der Waals surface area contributed by atoms with Crippen LogP contribution in [0.4, 0.5) is 4.39 Å². The van der Waals surface area contributed by atoms with Crippen molar-refractivity contribution in [1.82, 2.24) is 15.5 Å². The number of halogens is 1. The molecule has 0 radical (unpaired) electrons. The molecule has 1 aliphatic heterocycles. The summed E-state index contributed by atoms with van der Waals surface area (Å²) in [6.45, 7) is 9.99. The van der Waals surface area contributed by atoms with Crippen molar-refractivity contribution in [1.29, 1.82) is 0 Å². The van der Waals surface area contributed by atoms with Gasteiger partial charge in [-0.25, -0.2) is 9.38 Å². The van der Waals surface area contributed by atoms with Gasteiger partial charge in [0.25, 0.3) is 0 Å². The number of ether oxygens (including phenoxy) is 1. The molecule has 0 amide bonds. The molecular weight excluding hydrogens is 295 g/mol. The Hall–Kier alpha value is -1.66. The largest absolute Gasteiger partial charge is 0.379 e. The summed E-state index contributed by atoms with van der Waals surface area (Å²) >= 11 is 0. The Balaban J connectivity index is 1.84. The van der Waals surface area contributed by atoms with Gasteiger partial charge in [-0.15, -0.1) is 0 Å². The molecule has 0 aromatic heterocycles. The second-order valence-electron chi connectivity index (χ2n) is 5.70. The van der Waals surface area contributed by atoms with Crippen molar-refractivity contribution in [2.45, 2.75) is 26.4 Å². The summed E-state index contributed by atoms with van der Waals surface area (Å²) < 4.78 is 18.3. The highest BCUT2D eigenvalue weighted by Gasteiger charge is 2.16. The second-order valence-corrected chi connectivity index (χ2v) is 5.70. The van der Waals surface area contributed by atoms with Crippen LogP contribution in [0.5, 0.6) is 0 Å². The van der Waals surface area contributed by atoms with Crippen LogP contribution in [0.25, 0.3) is 0 Å². The Morgan fingerprint density at radius 1 is 1.26 bits per heavy atom. The molecule has 1 aliphatic rings. The number of aliphatic imine (C=N–C) groups is 1. The number of nitrogens with zero attached hydrogens (tertiary/aromatic N) is 2. The van der Waals surface area contributed by atoms with E-state index in [1.54, 1.807) is 12.1 Å². The number of hydrogen-bond acceptors (Lipinski definition) is 3. The Morgan fingerprint density at radius 2 is 1.96 bits per heavy atom. The van der Waals surface area contributed by atoms with Crippen LogP contribution >= 0.6 is 0 Å². The van der Waals surface area contributed by atoms with E-state index in [1.165, 1.54) is 12.1 Å². The van der Waals surface area contributed by atoms with Crippen LogP contribution in [0.3, 0.4) is 0 Å². The minimum atomic E-state index is -0.220. The molecule has 1 atom stereocenters. The van der Waals surface area contributed by atoms with Crippen LogP contribution in [0.15, 0.2) is 29.3 Å². The minimum Gasteiger partial charge on any atom is -0.379 e. The van der Waals surface area contributed by atoms with Gasteiger partial charge in [0, 0.05) is 32.2 Å². The highest BCUT2D eigenvalue weighted by molar-refractivity contribution is 5.79. The lowest BCUT2D eigenvalue weighted by molar-refractivity contribution is 0.0211. The third kappa shape index (κ3) is 6.15. The fourth-order valence-corrected chi connectivity index (χ4v) is 2.49. The van der Waals surface area contributed by atoms with E-state index in [-0.39, 0.29) is 5.82 Å². The van der Waals surface area contributed by atoms with Crippen molar-refractivity contribution in [2.24, 2.45) is 4.99 Å². The summed E-state index contributed by atoms with van der Waals surface area (Å²) in [7, 11) is 0. The number of morpholine rings is 1. The summed E-state index contributed by atoms with van der Waals surface area (Å²) in [5.41, 5.74) is 0.991. The quantitative estimate of drug-likeness (QED) is 0.617. The van der Waals surface area contributed by atoms with Gasteiger partial charge in [0.15, 0.2) is 5.96 Å². The zero-order valence-electron chi connectivity index (χ0n) is 14.0. The van der Waals surface area contributed by atoms with Gasteiger partial charge in [0.2, 0.25) is 0 Å². The Labute approximate surface area is 137 Å². The molecule has 6 heteroatoms. The van der Waals surface area contributed by atoms with Gasteiger partial charge in [-0.1, -0.05) is 12.1 Å². The molecule has 1 aromatic rings. The fourth-order valence-electron chi connectivity index (χ4n) is 2.49. The van der Waals surface area contributed by atoms with Gasteiger partial charge < -0.3 is 15.4 Å². The van der Waals surface area contributed by atoms with E-state index < -0.39 is 0 Å². The molecule has 2 N–H and O–H groups in total. The van der Waals surface area contributed by atoms with Gasteiger partial charge in [-0.05, 0) is 31.5 Å². The minimum absolute atomic E-state index is 0.220. The lowest BCUT2D eigenvalue weighted by Gasteiger charge is -2.32. The van der Waals surface area contributed by atoms with E-state index in [0.717, 1.165) is 50.9 Å². The van der Waals surface area contributed by atoms with Crippen molar-refractivity contribution in [3.05, 3.63) is 35.6 Å². The number of nitrogens with one attached hydrogen (secondary N) is 2. The van der Waals surface area contributed by atoms with Crippen LogP contribution in [0.1, 0.15) is 19.4 Å². The van der Waals surface area contributed by atoms with Gasteiger partial charge in [-0.3, -0.25) is 4.90 Å². The number of hydrogen-bond donors (Lipinski definition) is 2. The first-order valence-corrected chi connectivity index (χ1v) is 8.27. The van der Waals surface area contributed by atoms with Gasteiger partial charge in [0.1, 0.15) is 5.82 Å². The van der Waals surface area contributed by atoms with E-state index in [9.17, 15) is 4.39 Å². The van der Waals surface area contributed by atoms with Crippen LogP contribution in [-0.2, 0) is 11.3 Å². The lowest BCUT2D eigenvalue weighted by Crippen LogP contribution is -2.49. The topological polar surface area (TPSA) is 48.9 Å². The summed E-state index contributed by atoms with van der Waals surface area (Å²) in [6.07, 6.45) is 0. The van der Waals surface area contributed by atoms with Crippen molar-refractivity contribution < 1.29 is 9.13 Å². The molecule has 1 aromatic carbocycles. The van der Waals surface area contributed by atoms with Gasteiger partial charge >= 0.3 is 0 Å². The SMILES string of the molecule is CCNC(=NCc1ccc(F)cc1)NCC(C)N1CCOCC1. The third-order valence-corrected chi connectivity index (χ3v) is 3.91. The van der Waals surface area contributed by atoms with Crippen LogP contribution < -0.4 is 10.6 Å². The molecule has 0 bridgehead atoms. The van der Waals surface area contributed by atoms with Crippen LogP contribution in [0, 0.1) is 5.82 Å². The highest BCUT2D eigenvalue weighted by atomic mass is 19.1. The average Bonchev–Trinajstić information content (AvgIpc) is 2.59. The molecule has 128 valence electrons. The molecule has 2 rings (SSSR count). The first-order valence-electron chi connectivity index (χ1n) is 8.27. The summed E-state index contributed by atoms with van der Waals surface area (Å²) in [6, 6.07) is 6.88. The smallest absolute Gasteiger partial charge is 0.191 e. The third-order valence-electron chi connectivity index (χ3n) is 3.91. The van der Waals surface area contributed by atoms with E-state index >= 15 is 0 Å². The van der Waals surface area contributed by atoms with Gasteiger partial charge in [-0.2, -0.15) is 0 Å². The number of benzene rings is 1.